The molecule has 1 aromatic rings. The zero-order chi connectivity index (χ0) is 13.9. The highest BCUT2D eigenvalue weighted by atomic mass is 15.0. The van der Waals surface area contributed by atoms with Crippen LogP contribution in [0, 0.1) is 11.8 Å². The van der Waals surface area contributed by atoms with Crippen LogP contribution in [0.3, 0.4) is 0 Å². The summed E-state index contributed by atoms with van der Waals surface area (Å²) in [4.78, 5) is 0. The Bertz CT molecular complexity index is 468. The van der Waals surface area contributed by atoms with Crippen molar-refractivity contribution in [2.45, 2.75) is 71.3 Å². The SMILES string of the molecule is C/C=C(\CC)CCCn1cccc1C1CC2CCC1C2. The average Bonchev–Trinajstić information content (AvgIpc) is 3.18. The van der Waals surface area contributed by atoms with E-state index in [1.165, 1.54) is 51.5 Å². The molecule has 2 saturated carbocycles. The molecule has 3 unspecified atom stereocenters. The Hall–Kier alpha value is -0.980. The molecule has 0 N–H and O–H groups in total. The van der Waals surface area contributed by atoms with Crippen molar-refractivity contribution in [3.63, 3.8) is 0 Å². The van der Waals surface area contributed by atoms with Crippen LogP contribution in [0.15, 0.2) is 30.0 Å². The lowest BCUT2D eigenvalue weighted by Crippen LogP contribution is -2.13. The summed E-state index contributed by atoms with van der Waals surface area (Å²) in [5.74, 6) is 2.91. The molecule has 3 rings (SSSR count). The van der Waals surface area contributed by atoms with E-state index in [1.807, 2.05) is 0 Å². The van der Waals surface area contributed by atoms with Crippen molar-refractivity contribution in [3.8, 4) is 0 Å². The molecule has 2 aliphatic carbocycles. The van der Waals surface area contributed by atoms with Crippen LogP contribution in [-0.2, 0) is 6.54 Å². The third-order valence-corrected chi connectivity index (χ3v) is 5.74. The normalized spacial score (nSPS) is 29.3. The Kier molecular flexibility index (Phi) is 4.33. The van der Waals surface area contributed by atoms with Gasteiger partial charge < -0.3 is 4.57 Å². The summed E-state index contributed by atoms with van der Waals surface area (Å²) >= 11 is 0. The van der Waals surface area contributed by atoms with Crippen LogP contribution in [-0.4, -0.2) is 4.57 Å². The van der Waals surface area contributed by atoms with Crippen LogP contribution in [0.1, 0.15) is 70.4 Å². The molecule has 3 atom stereocenters. The standard InChI is InChI=1S/C19H29N/c1-3-15(4-2)7-5-11-20-12-6-8-19(20)18-14-16-9-10-17(18)13-16/h3,6,8,12,16-18H,4-5,7,9-11,13-14H2,1-2H3/b15-3+. The van der Waals surface area contributed by atoms with Gasteiger partial charge in [-0.05, 0) is 69.4 Å². The van der Waals surface area contributed by atoms with Gasteiger partial charge in [-0.3, -0.25) is 0 Å². The van der Waals surface area contributed by atoms with E-state index in [0.29, 0.717) is 0 Å². The molecule has 1 nitrogen and oxygen atoms in total. The summed E-state index contributed by atoms with van der Waals surface area (Å²) in [6, 6.07) is 4.65. The maximum Gasteiger partial charge on any atom is 0.0225 e. The molecule has 1 aromatic heterocycles. The molecule has 1 heterocycles. The van der Waals surface area contributed by atoms with Crippen molar-refractivity contribution in [1.82, 2.24) is 4.57 Å². The Morgan fingerprint density at radius 1 is 1.35 bits per heavy atom. The molecule has 1 heteroatoms. The summed E-state index contributed by atoms with van der Waals surface area (Å²) in [6.07, 6.45) is 14.3. The van der Waals surface area contributed by atoms with E-state index in [1.54, 1.807) is 11.3 Å². The molecule has 0 aliphatic heterocycles. The zero-order valence-corrected chi connectivity index (χ0v) is 13.1. The molecule has 2 bridgehead atoms. The van der Waals surface area contributed by atoms with Crippen molar-refractivity contribution in [3.05, 3.63) is 35.7 Å². The fourth-order valence-corrected chi connectivity index (χ4v) is 4.58. The van der Waals surface area contributed by atoms with Gasteiger partial charge in [0, 0.05) is 24.4 Å². The summed E-state index contributed by atoms with van der Waals surface area (Å²) in [6.45, 7) is 5.65. The Balaban J connectivity index is 1.60. The van der Waals surface area contributed by atoms with Crippen LogP contribution in [0.2, 0.25) is 0 Å². The molecule has 0 spiro atoms. The van der Waals surface area contributed by atoms with Gasteiger partial charge in [0.05, 0.1) is 0 Å². The Labute approximate surface area is 124 Å². The predicted molar refractivity (Wildman–Crippen MR) is 85.9 cm³/mol. The van der Waals surface area contributed by atoms with Gasteiger partial charge in [-0.25, -0.2) is 0 Å². The highest BCUT2D eigenvalue weighted by molar-refractivity contribution is 5.18. The number of allylic oxidation sites excluding steroid dienone is 2. The number of nitrogens with zero attached hydrogens (tertiary/aromatic N) is 1. The zero-order valence-electron chi connectivity index (χ0n) is 13.1. The van der Waals surface area contributed by atoms with Gasteiger partial charge >= 0.3 is 0 Å². The minimum atomic E-state index is 0.871. The Morgan fingerprint density at radius 3 is 2.90 bits per heavy atom. The minimum absolute atomic E-state index is 0.871. The van der Waals surface area contributed by atoms with Crippen LogP contribution >= 0.6 is 0 Å². The fourth-order valence-electron chi connectivity index (χ4n) is 4.58. The number of aromatic nitrogens is 1. The summed E-state index contributed by atoms with van der Waals surface area (Å²) < 4.78 is 2.55. The number of hydrogen-bond acceptors (Lipinski definition) is 0. The van der Waals surface area contributed by atoms with Crippen molar-refractivity contribution in [1.29, 1.82) is 0 Å². The van der Waals surface area contributed by atoms with E-state index >= 15 is 0 Å². The lowest BCUT2D eigenvalue weighted by molar-refractivity contribution is 0.399. The van der Waals surface area contributed by atoms with Crippen molar-refractivity contribution in [2.24, 2.45) is 11.8 Å². The molecule has 2 aliphatic rings. The van der Waals surface area contributed by atoms with Crippen molar-refractivity contribution in [2.75, 3.05) is 0 Å². The summed E-state index contributed by atoms with van der Waals surface area (Å²) in [7, 11) is 0. The molecule has 110 valence electrons. The minimum Gasteiger partial charge on any atom is -0.351 e. The first-order valence-electron chi connectivity index (χ1n) is 8.61. The molecule has 20 heavy (non-hydrogen) atoms. The first kappa shape index (κ1) is 14.0. The van der Waals surface area contributed by atoms with E-state index in [-0.39, 0.29) is 0 Å². The van der Waals surface area contributed by atoms with Gasteiger partial charge in [0.2, 0.25) is 0 Å². The summed E-state index contributed by atoms with van der Waals surface area (Å²) in [5, 5.41) is 0. The van der Waals surface area contributed by atoms with Crippen LogP contribution in [0.25, 0.3) is 0 Å². The average molecular weight is 271 g/mol. The van der Waals surface area contributed by atoms with E-state index < -0.39 is 0 Å². The second kappa shape index (κ2) is 6.20. The first-order valence-corrected chi connectivity index (χ1v) is 8.61. The fraction of sp³-hybridized carbons (Fsp3) is 0.684. The lowest BCUT2D eigenvalue weighted by Gasteiger charge is -2.23. The van der Waals surface area contributed by atoms with E-state index in [4.69, 9.17) is 0 Å². The van der Waals surface area contributed by atoms with Crippen LogP contribution in [0.4, 0.5) is 0 Å². The highest BCUT2D eigenvalue weighted by Gasteiger charge is 2.40. The number of rotatable bonds is 6. The second-order valence-corrected chi connectivity index (χ2v) is 6.81. The molecule has 0 saturated heterocycles. The Morgan fingerprint density at radius 2 is 2.25 bits per heavy atom. The maximum atomic E-state index is 2.55. The molecule has 0 radical (unpaired) electrons. The third kappa shape index (κ3) is 2.73. The van der Waals surface area contributed by atoms with Gasteiger partial charge in [0.1, 0.15) is 0 Å². The van der Waals surface area contributed by atoms with Gasteiger partial charge in [0.25, 0.3) is 0 Å². The smallest absolute Gasteiger partial charge is 0.0225 e. The molecular formula is C19H29N. The van der Waals surface area contributed by atoms with Crippen LogP contribution < -0.4 is 0 Å². The van der Waals surface area contributed by atoms with Gasteiger partial charge in [-0.15, -0.1) is 0 Å². The van der Waals surface area contributed by atoms with Gasteiger partial charge in [-0.2, -0.15) is 0 Å². The number of aryl methyl sites for hydroxylation is 1. The molecule has 2 fully saturated rings. The van der Waals surface area contributed by atoms with Gasteiger partial charge in [-0.1, -0.05) is 25.0 Å². The number of fused-ring (bicyclic) bond motifs is 2. The summed E-state index contributed by atoms with van der Waals surface area (Å²) in [5.41, 5.74) is 3.24. The van der Waals surface area contributed by atoms with Gasteiger partial charge in [0.15, 0.2) is 0 Å². The van der Waals surface area contributed by atoms with E-state index in [0.717, 1.165) is 17.8 Å². The lowest BCUT2D eigenvalue weighted by atomic mass is 9.86. The maximum absolute atomic E-state index is 2.55. The van der Waals surface area contributed by atoms with E-state index in [9.17, 15) is 0 Å². The largest absolute Gasteiger partial charge is 0.351 e. The number of hydrogen-bond donors (Lipinski definition) is 0. The monoisotopic (exact) mass is 271 g/mol. The first-order chi connectivity index (χ1) is 9.81. The van der Waals surface area contributed by atoms with Crippen LogP contribution in [0.5, 0.6) is 0 Å². The van der Waals surface area contributed by atoms with Crippen molar-refractivity contribution >= 4 is 0 Å². The quantitative estimate of drug-likeness (QED) is 0.600. The third-order valence-electron chi connectivity index (χ3n) is 5.74. The highest BCUT2D eigenvalue weighted by Crippen LogP contribution is 2.52. The molecule has 0 aromatic carbocycles. The topological polar surface area (TPSA) is 4.93 Å². The van der Waals surface area contributed by atoms with Crippen molar-refractivity contribution < 1.29 is 0 Å². The predicted octanol–water partition coefficient (Wildman–Crippen LogP) is 5.53. The second-order valence-electron chi connectivity index (χ2n) is 6.81. The molecular weight excluding hydrogens is 242 g/mol. The molecule has 0 amide bonds. The van der Waals surface area contributed by atoms with E-state index in [2.05, 4.69) is 42.8 Å².